The van der Waals surface area contributed by atoms with Gasteiger partial charge in [-0.3, -0.25) is 14.3 Å². The minimum atomic E-state index is -0.670. The van der Waals surface area contributed by atoms with Crippen molar-refractivity contribution in [3.05, 3.63) is 41.7 Å². The topological polar surface area (TPSA) is 121 Å². The molecule has 0 saturated heterocycles. The highest BCUT2D eigenvalue weighted by Gasteiger charge is 2.12. The zero-order chi connectivity index (χ0) is 13.1. The predicted octanol–water partition coefficient (Wildman–Crippen LogP) is 0.110. The number of primary amides is 1. The van der Waals surface area contributed by atoms with Crippen molar-refractivity contribution in [3.63, 3.8) is 0 Å². The first kappa shape index (κ1) is 11.3. The molecule has 0 atom stereocenters. The van der Waals surface area contributed by atoms with Crippen LogP contribution in [0.1, 0.15) is 21.9 Å². The Labute approximate surface area is 102 Å². The second-order valence-electron chi connectivity index (χ2n) is 3.30. The zero-order valence-electron chi connectivity index (χ0n) is 9.03. The number of pyridine rings is 1. The Bertz CT molecular complexity index is 703. The number of hydrogen-bond donors (Lipinski definition) is 1. The van der Waals surface area contributed by atoms with Crippen LogP contribution >= 0.6 is 0 Å². The summed E-state index contributed by atoms with van der Waals surface area (Å²) in [5.74, 6) is -0.670. The van der Waals surface area contributed by atoms with Gasteiger partial charge in [-0.25, -0.2) is 4.98 Å². The molecule has 7 heteroatoms. The molecule has 1 amide bonds. The molecule has 0 fully saturated rings. The second-order valence-corrected chi connectivity index (χ2v) is 3.30. The quantitative estimate of drug-likeness (QED) is 0.795. The lowest BCUT2D eigenvalue weighted by atomic mass is 10.3. The molecule has 0 radical (unpaired) electrons. The predicted molar refractivity (Wildman–Crippen MR) is 59.3 cm³/mol. The van der Waals surface area contributed by atoms with Crippen molar-refractivity contribution in [2.75, 3.05) is 0 Å². The van der Waals surface area contributed by atoms with Gasteiger partial charge in [-0.2, -0.15) is 10.5 Å². The van der Waals surface area contributed by atoms with Gasteiger partial charge in [-0.05, 0) is 12.1 Å². The Hall–Kier alpha value is -3.19. The lowest BCUT2D eigenvalue weighted by Crippen LogP contribution is -2.13. The van der Waals surface area contributed by atoms with Gasteiger partial charge in [0, 0.05) is 6.20 Å². The first-order valence-electron chi connectivity index (χ1n) is 4.81. The number of aromatic nitrogens is 3. The second kappa shape index (κ2) is 4.36. The number of amides is 1. The van der Waals surface area contributed by atoms with Crippen LogP contribution in [-0.2, 0) is 0 Å². The van der Waals surface area contributed by atoms with E-state index in [0.717, 1.165) is 0 Å². The van der Waals surface area contributed by atoms with Crippen LogP contribution in [0, 0.1) is 22.7 Å². The molecule has 2 aromatic heterocycles. The molecule has 86 valence electrons. The van der Waals surface area contributed by atoms with Crippen LogP contribution in [0.5, 0.6) is 0 Å². The average molecular weight is 238 g/mol. The number of rotatable bonds is 2. The van der Waals surface area contributed by atoms with Crippen LogP contribution in [0.15, 0.2) is 24.7 Å². The first-order chi connectivity index (χ1) is 8.67. The van der Waals surface area contributed by atoms with Crippen molar-refractivity contribution < 1.29 is 4.79 Å². The Morgan fingerprint density at radius 3 is 2.72 bits per heavy atom. The van der Waals surface area contributed by atoms with Gasteiger partial charge in [0.05, 0.1) is 5.69 Å². The summed E-state index contributed by atoms with van der Waals surface area (Å²) in [6.07, 6.45) is 2.72. The molecular formula is C11H6N6O. The van der Waals surface area contributed by atoms with Crippen LogP contribution in [0.25, 0.3) is 5.69 Å². The van der Waals surface area contributed by atoms with Crippen LogP contribution in [-0.4, -0.2) is 20.4 Å². The highest BCUT2D eigenvalue weighted by molar-refractivity contribution is 5.91. The van der Waals surface area contributed by atoms with E-state index in [-0.39, 0.29) is 17.1 Å². The summed E-state index contributed by atoms with van der Waals surface area (Å²) in [4.78, 5) is 18.6. The molecule has 2 heterocycles. The van der Waals surface area contributed by atoms with Gasteiger partial charge in [0.25, 0.3) is 5.91 Å². The largest absolute Gasteiger partial charge is 0.364 e. The molecule has 0 aliphatic rings. The van der Waals surface area contributed by atoms with E-state index < -0.39 is 5.91 Å². The van der Waals surface area contributed by atoms with Gasteiger partial charge >= 0.3 is 0 Å². The van der Waals surface area contributed by atoms with Gasteiger partial charge in [-0.1, -0.05) is 0 Å². The Balaban J connectivity index is 2.60. The molecule has 0 spiro atoms. The van der Waals surface area contributed by atoms with Crippen molar-refractivity contribution in [2.24, 2.45) is 5.73 Å². The maximum atomic E-state index is 11.0. The lowest BCUT2D eigenvalue weighted by molar-refractivity contribution is 0.0995. The summed E-state index contributed by atoms with van der Waals surface area (Å²) in [5.41, 5.74) is 5.80. The highest BCUT2D eigenvalue weighted by Crippen LogP contribution is 2.14. The third kappa shape index (κ3) is 1.77. The molecule has 0 bridgehead atoms. The van der Waals surface area contributed by atoms with Gasteiger partial charge in [-0.15, -0.1) is 0 Å². The van der Waals surface area contributed by atoms with Crippen molar-refractivity contribution in [2.45, 2.75) is 0 Å². The van der Waals surface area contributed by atoms with E-state index in [9.17, 15) is 4.79 Å². The Kier molecular flexibility index (Phi) is 2.73. The maximum Gasteiger partial charge on any atom is 0.267 e. The van der Waals surface area contributed by atoms with E-state index in [1.807, 2.05) is 12.1 Å². The number of carbonyl (C=O) groups is 1. The number of nitrogens with two attached hydrogens (primary N) is 1. The summed E-state index contributed by atoms with van der Waals surface area (Å²) >= 11 is 0. The molecule has 18 heavy (non-hydrogen) atoms. The van der Waals surface area contributed by atoms with Crippen molar-refractivity contribution in [1.82, 2.24) is 14.5 Å². The fourth-order valence-corrected chi connectivity index (χ4v) is 1.44. The molecule has 0 saturated carbocycles. The number of hydrogen-bond acceptors (Lipinski definition) is 5. The molecule has 0 unspecified atom stereocenters. The van der Waals surface area contributed by atoms with Crippen molar-refractivity contribution >= 4 is 5.91 Å². The molecule has 7 nitrogen and oxygen atoms in total. The Morgan fingerprint density at radius 1 is 1.33 bits per heavy atom. The van der Waals surface area contributed by atoms with E-state index in [1.165, 1.54) is 23.2 Å². The SMILES string of the molecule is N#Cc1ncn(-c2ccnc(C(N)=O)c2)c1C#N. The smallest absolute Gasteiger partial charge is 0.267 e. The summed E-state index contributed by atoms with van der Waals surface area (Å²) in [7, 11) is 0. The van der Waals surface area contributed by atoms with E-state index in [4.69, 9.17) is 16.3 Å². The fraction of sp³-hybridized carbons (Fsp3) is 0. The standard InChI is InChI=1S/C11H6N6O/c12-4-9-10(5-13)17(6-16-9)7-1-2-15-8(3-7)11(14)18/h1-3,6H,(H2,14,18). The third-order valence-corrected chi connectivity index (χ3v) is 2.25. The van der Waals surface area contributed by atoms with Gasteiger partial charge < -0.3 is 5.73 Å². The first-order valence-corrected chi connectivity index (χ1v) is 4.81. The summed E-state index contributed by atoms with van der Waals surface area (Å²) < 4.78 is 1.40. The minimum absolute atomic E-state index is 0.0231. The van der Waals surface area contributed by atoms with Crippen molar-refractivity contribution in [3.8, 4) is 17.8 Å². The van der Waals surface area contributed by atoms with E-state index in [0.29, 0.717) is 5.69 Å². The molecule has 0 aromatic carbocycles. The fourth-order valence-electron chi connectivity index (χ4n) is 1.44. The summed E-state index contributed by atoms with van der Waals surface area (Å²) in [5, 5.41) is 17.8. The normalized spacial score (nSPS) is 9.44. The summed E-state index contributed by atoms with van der Waals surface area (Å²) in [6, 6.07) is 6.70. The van der Waals surface area contributed by atoms with Crippen LogP contribution in [0.4, 0.5) is 0 Å². The molecular weight excluding hydrogens is 232 g/mol. The maximum absolute atomic E-state index is 11.0. The van der Waals surface area contributed by atoms with E-state index in [1.54, 1.807) is 6.07 Å². The Morgan fingerprint density at radius 2 is 2.11 bits per heavy atom. The minimum Gasteiger partial charge on any atom is -0.364 e. The monoisotopic (exact) mass is 238 g/mol. The zero-order valence-corrected chi connectivity index (χ0v) is 9.03. The molecule has 0 aliphatic heterocycles. The molecule has 0 aliphatic carbocycles. The number of imidazole rings is 1. The third-order valence-electron chi connectivity index (χ3n) is 2.25. The lowest BCUT2D eigenvalue weighted by Gasteiger charge is -2.04. The highest BCUT2D eigenvalue weighted by atomic mass is 16.1. The van der Waals surface area contributed by atoms with Gasteiger partial charge in [0.1, 0.15) is 24.2 Å². The number of carbonyl (C=O) groups excluding carboxylic acids is 1. The van der Waals surface area contributed by atoms with E-state index in [2.05, 4.69) is 9.97 Å². The molecule has 2 N–H and O–H groups in total. The number of nitriles is 2. The molecule has 2 aromatic rings. The van der Waals surface area contributed by atoms with Crippen molar-refractivity contribution in [1.29, 1.82) is 10.5 Å². The van der Waals surface area contributed by atoms with Crippen LogP contribution < -0.4 is 5.73 Å². The average Bonchev–Trinajstić information content (AvgIpc) is 2.81. The van der Waals surface area contributed by atoms with Crippen LogP contribution in [0.3, 0.4) is 0 Å². The van der Waals surface area contributed by atoms with Crippen LogP contribution in [0.2, 0.25) is 0 Å². The number of nitrogens with zero attached hydrogens (tertiary/aromatic N) is 5. The van der Waals surface area contributed by atoms with Gasteiger partial charge in [0.2, 0.25) is 0 Å². The van der Waals surface area contributed by atoms with Gasteiger partial charge in [0.15, 0.2) is 11.4 Å². The molecule has 2 rings (SSSR count). The van der Waals surface area contributed by atoms with E-state index >= 15 is 0 Å². The summed E-state index contributed by atoms with van der Waals surface area (Å²) in [6.45, 7) is 0.